The van der Waals surface area contributed by atoms with Crippen molar-refractivity contribution in [3.63, 3.8) is 0 Å². The van der Waals surface area contributed by atoms with Crippen molar-refractivity contribution in [1.82, 2.24) is 4.90 Å². The van der Waals surface area contributed by atoms with E-state index in [1.807, 2.05) is 0 Å². The number of carbonyl (C=O) groups excluding carboxylic acids is 2. The van der Waals surface area contributed by atoms with Gasteiger partial charge in [0.25, 0.3) is 0 Å². The average molecular weight is 353 g/mol. The van der Waals surface area contributed by atoms with E-state index in [2.05, 4.69) is 5.32 Å². The van der Waals surface area contributed by atoms with Crippen LogP contribution in [-0.2, 0) is 16.1 Å². The van der Waals surface area contributed by atoms with Gasteiger partial charge in [0, 0.05) is 24.6 Å². The van der Waals surface area contributed by atoms with Gasteiger partial charge in [0.2, 0.25) is 11.8 Å². The summed E-state index contributed by atoms with van der Waals surface area (Å²) in [5, 5.41) is 2.80. The Morgan fingerprint density at radius 2 is 1.88 bits per heavy atom. The highest BCUT2D eigenvalue weighted by atomic mass is 35.5. The van der Waals surface area contributed by atoms with Crippen molar-refractivity contribution in [3.8, 4) is 0 Å². The lowest BCUT2D eigenvalue weighted by Crippen LogP contribution is -2.36. The van der Waals surface area contributed by atoms with Crippen LogP contribution in [0.1, 0.15) is 12.5 Å². The molecule has 2 amide bonds. The largest absolute Gasteiger partial charge is 0.329 e. The van der Waals surface area contributed by atoms with Crippen LogP contribution in [0.4, 0.5) is 14.5 Å². The standard InChI is InChI=1S/C17H15ClF2N2O2/c1-11(23)22(9-12-4-2-3-5-14(12)18)10-17(24)21-16-7-6-13(19)8-15(16)20/h2-8H,9-10H2,1H3,(H,21,24). The summed E-state index contributed by atoms with van der Waals surface area (Å²) in [7, 11) is 0. The van der Waals surface area contributed by atoms with E-state index in [-0.39, 0.29) is 24.7 Å². The van der Waals surface area contributed by atoms with Crippen molar-refractivity contribution in [2.24, 2.45) is 0 Å². The number of amides is 2. The normalized spacial score (nSPS) is 10.3. The molecule has 0 atom stereocenters. The average Bonchev–Trinajstić information content (AvgIpc) is 2.51. The van der Waals surface area contributed by atoms with E-state index in [1.54, 1.807) is 24.3 Å². The molecule has 0 aromatic heterocycles. The third-order valence-corrected chi connectivity index (χ3v) is 3.67. The molecule has 0 aliphatic carbocycles. The minimum absolute atomic E-state index is 0.147. The molecule has 4 nitrogen and oxygen atoms in total. The Kier molecular flexibility index (Phi) is 5.87. The van der Waals surface area contributed by atoms with Crippen LogP contribution >= 0.6 is 11.6 Å². The van der Waals surface area contributed by atoms with Gasteiger partial charge in [0.05, 0.1) is 5.69 Å². The fraction of sp³-hybridized carbons (Fsp3) is 0.176. The minimum atomic E-state index is -0.885. The highest BCUT2D eigenvalue weighted by molar-refractivity contribution is 6.31. The zero-order valence-electron chi connectivity index (χ0n) is 12.9. The smallest absolute Gasteiger partial charge is 0.244 e. The van der Waals surface area contributed by atoms with Gasteiger partial charge in [-0.2, -0.15) is 0 Å². The lowest BCUT2D eigenvalue weighted by atomic mass is 10.2. The van der Waals surface area contributed by atoms with Crippen LogP contribution < -0.4 is 5.32 Å². The molecule has 2 aromatic carbocycles. The quantitative estimate of drug-likeness (QED) is 0.893. The highest BCUT2D eigenvalue weighted by Crippen LogP contribution is 2.18. The van der Waals surface area contributed by atoms with E-state index in [4.69, 9.17) is 11.6 Å². The van der Waals surface area contributed by atoms with Gasteiger partial charge in [-0.05, 0) is 23.8 Å². The minimum Gasteiger partial charge on any atom is -0.329 e. The van der Waals surface area contributed by atoms with Crippen LogP contribution in [0.3, 0.4) is 0 Å². The van der Waals surface area contributed by atoms with E-state index < -0.39 is 17.5 Å². The molecule has 0 radical (unpaired) electrons. The summed E-state index contributed by atoms with van der Waals surface area (Å²) in [5.74, 6) is -2.55. The molecule has 0 heterocycles. The zero-order chi connectivity index (χ0) is 17.7. The van der Waals surface area contributed by atoms with Crippen LogP contribution in [0, 0.1) is 11.6 Å². The second-order valence-corrected chi connectivity index (χ2v) is 5.55. The van der Waals surface area contributed by atoms with Gasteiger partial charge < -0.3 is 10.2 Å². The van der Waals surface area contributed by atoms with Gasteiger partial charge in [0.15, 0.2) is 0 Å². The molecule has 2 aromatic rings. The number of rotatable bonds is 5. The third kappa shape index (κ3) is 4.76. The van der Waals surface area contributed by atoms with Crippen molar-refractivity contribution >= 4 is 29.1 Å². The molecule has 0 spiro atoms. The van der Waals surface area contributed by atoms with Crippen LogP contribution in [0.2, 0.25) is 5.02 Å². The third-order valence-electron chi connectivity index (χ3n) is 3.30. The van der Waals surface area contributed by atoms with Crippen LogP contribution in [0.25, 0.3) is 0 Å². The Hall–Kier alpha value is -2.47. The lowest BCUT2D eigenvalue weighted by molar-refractivity contribution is -0.133. The maximum atomic E-state index is 13.6. The Bertz CT molecular complexity index is 768. The van der Waals surface area contributed by atoms with Gasteiger partial charge in [-0.3, -0.25) is 9.59 Å². The predicted octanol–water partition coefficient (Wildman–Crippen LogP) is 3.61. The summed E-state index contributed by atoms with van der Waals surface area (Å²) in [5.41, 5.74) is 0.540. The van der Waals surface area contributed by atoms with E-state index >= 15 is 0 Å². The molecule has 0 saturated heterocycles. The fourth-order valence-electron chi connectivity index (χ4n) is 2.06. The molecule has 24 heavy (non-hydrogen) atoms. The number of nitrogens with zero attached hydrogens (tertiary/aromatic N) is 1. The number of benzene rings is 2. The molecule has 0 aliphatic rings. The number of anilines is 1. The number of hydrogen-bond donors (Lipinski definition) is 1. The van der Waals surface area contributed by atoms with Crippen molar-refractivity contribution in [1.29, 1.82) is 0 Å². The van der Waals surface area contributed by atoms with Gasteiger partial charge in [-0.1, -0.05) is 29.8 Å². The summed E-state index contributed by atoms with van der Waals surface area (Å²) in [6, 6.07) is 9.78. The molecule has 0 bridgehead atoms. The predicted molar refractivity (Wildman–Crippen MR) is 87.5 cm³/mol. The van der Waals surface area contributed by atoms with Crippen LogP contribution in [0.15, 0.2) is 42.5 Å². The van der Waals surface area contributed by atoms with Gasteiger partial charge in [-0.15, -0.1) is 0 Å². The number of halogens is 3. The van der Waals surface area contributed by atoms with E-state index in [0.29, 0.717) is 16.7 Å². The monoisotopic (exact) mass is 352 g/mol. The van der Waals surface area contributed by atoms with E-state index in [9.17, 15) is 18.4 Å². The first kappa shape index (κ1) is 17.9. The summed E-state index contributed by atoms with van der Waals surface area (Å²) in [4.78, 5) is 25.1. The van der Waals surface area contributed by atoms with Gasteiger partial charge in [-0.25, -0.2) is 8.78 Å². The molecule has 2 rings (SSSR count). The molecular formula is C17H15ClF2N2O2. The first-order valence-electron chi connectivity index (χ1n) is 7.10. The lowest BCUT2D eigenvalue weighted by Gasteiger charge is -2.21. The summed E-state index contributed by atoms with van der Waals surface area (Å²) >= 11 is 6.05. The summed E-state index contributed by atoms with van der Waals surface area (Å²) < 4.78 is 26.4. The maximum absolute atomic E-state index is 13.6. The van der Waals surface area contributed by atoms with Crippen molar-refractivity contribution < 1.29 is 18.4 Å². The molecule has 0 saturated carbocycles. The SMILES string of the molecule is CC(=O)N(CC(=O)Nc1ccc(F)cc1F)Cc1ccccc1Cl. The van der Waals surface area contributed by atoms with Gasteiger partial charge >= 0.3 is 0 Å². The first-order chi connectivity index (χ1) is 11.4. The molecule has 126 valence electrons. The Labute approximate surface area is 143 Å². The van der Waals surface area contributed by atoms with Gasteiger partial charge in [0.1, 0.15) is 18.2 Å². The van der Waals surface area contributed by atoms with Crippen molar-refractivity contribution in [2.45, 2.75) is 13.5 Å². The van der Waals surface area contributed by atoms with E-state index in [1.165, 1.54) is 11.8 Å². The Morgan fingerprint density at radius 1 is 1.17 bits per heavy atom. The first-order valence-corrected chi connectivity index (χ1v) is 7.48. The summed E-state index contributed by atoms with van der Waals surface area (Å²) in [6.07, 6.45) is 0. The fourth-order valence-corrected chi connectivity index (χ4v) is 2.26. The van der Waals surface area contributed by atoms with Crippen molar-refractivity contribution in [2.75, 3.05) is 11.9 Å². The van der Waals surface area contributed by atoms with E-state index in [0.717, 1.165) is 12.1 Å². The molecule has 0 unspecified atom stereocenters. The number of hydrogen-bond acceptors (Lipinski definition) is 2. The molecule has 0 fully saturated rings. The summed E-state index contributed by atoms with van der Waals surface area (Å²) in [6.45, 7) is 1.19. The Balaban J connectivity index is 2.06. The van der Waals surface area contributed by atoms with Crippen LogP contribution in [-0.4, -0.2) is 23.3 Å². The number of carbonyl (C=O) groups is 2. The van der Waals surface area contributed by atoms with Crippen LogP contribution in [0.5, 0.6) is 0 Å². The second-order valence-electron chi connectivity index (χ2n) is 5.14. The molecular weight excluding hydrogens is 338 g/mol. The molecule has 0 aliphatic heterocycles. The van der Waals surface area contributed by atoms with Crippen molar-refractivity contribution in [3.05, 3.63) is 64.7 Å². The maximum Gasteiger partial charge on any atom is 0.244 e. The number of nitrogens with one attached hydrogen (secondary N) is 1. The highest BCUT2D eigenvalue weighted by Gasteiger charge is 2.16. The second kappa shape index (κ2) is 7.88. The molecule has 1 N–H and O–H groups in total. The topological polar surface area (TPSA) is 49.4 Å². The molecule has 7 heteroatoms. The zero-order valence-corrected chi connectivity index (χ0v) is 13.6. The Morgan fingerprint density at radius 3 is 2.50 bits per heavy atom.